The first kappa shape index (κ1) is 29.9. The smallest absolute Gasteiger partial charge is 0.338 e. The van der Waals surface area contributed by atoms with Gasteiger partial charge in [-0.3, -0.25) is 9.36 Å². The lowest BCUT2D eigenvalue weighted by Gasteiger charge is -2.26. The number of ether oxygens (including phenoxy) is 3. The number of hydrogen-bond acceptors (Lipinski definition) is 7. The van der Waals surface area contributed by atoms with Crippen molar-refractivity contribution in [2.45, 2.75) is 91.8 Å². The first-order chi connectivity index (χ1) is 20.1. The molecule has 3 heterocycles. The molecular weight excluding hydrogens is 550 g/mol. The maximum Gasteiger partial charge on any atom is 0.338 e. The summed E-state index contributed by atoms with van der Waals surface area (Å²) in [6.07, 6.45) is 8.14. The summed E-state index contributed by atoms with van der Waals surface area (Å²) in [4.78, 5) is 32.7. The molecule has 0 radical (unpaired) electrons. The van der Waals surface area contributed by atoms with Crippen molar-refractivity contribution in [3.63, 3.8) is 0 Å². The third kappa shape index (κ3) is 5.59. The van der Waals surface area contributed by atoms with Crippen LogP contribution in [0.25, 0.3) is 6.08 Å². The standard InChI is InChI=1S/C33H41N3O5S/c1-8-40-32(38)29-21(5)34-33-36(30(29)23-14-15-26(41-19(2)3)27(17-23)39-7)31(37)28(42-33)18-24-16-20(4)35(22(24)6)25-12-10-9-11-13-25/h14-19,25,30H,8-13H2,1-7H3/b28-18-/t30-/m1/s1. The van der Waals surface area contributed by atoms with Crippen molar-refractivity contribution in [3.05, 3.63) is 77.7 Å². The van der Waals surface area contributed by atoms with Gasteiger partial charge < -0.3 is 18.8 Å². The van der Waals surface area contributed by atoms with Gasteiger partial charge in [0.05, 0.1) is 41.7 Å². The van der Waals surface area contributed by atoms with Gasteiger partial charge in [-0.1, -0.05) is 36.7 Å². The molecule has 224 valence electrons. The summed E-state index contributed by atoms with van der Waals surface area (Å²) in [6.45, 7) is 12.0. The van der Waals surface area contributed by atoms with Crippen molar-refractivity contribution in [1.29, 1.82) is 0 Å². The summed E-state index contributed by atoms with van der Waals surface area (Å²) in [5.74, 6) is 0.627. The highest BCUT2D eigenvalue weighted by atomic mass is 32.1. The lowest BCUT2D eigenvalue weighted by atomic mass is 9.95. The average Bonchev–Trinajstić information content (AvgIpc) is 3.41. The molecule has 1 aliphatic carbocycles. The highest BCUT2D eigenvalue weighted by Crippen LogP contribution is 2.37. The van der Waals surface area contributed by atoms with Crippen molar-refractivity contribution < 1.29 is 19.0 Å². The quantitative estimate of drug-likeness (QED) is 0.322. The van der Waals surface area contributed by atoms with Crippen molar-refractivity contribution in [2.24, 2.45) is 4.99 Å². The number of benzene rings is 1. The Hall–Kier alpha value is -3.59. The third-order valence-corrected chi connectivity index (χ3v) is 9.12. The molecule has 0 spiro atoms. The van der Waals surface area contributed by atoms with Crippen LogP contribution in [0, 0.1) is 13.8 Å². The number of aryl methyl sites for hydroxylation is 1. The Morgan fingerprint density at radius 1 is 1.10 bits per heavy atom. The van der Waals surface area contributed by atoms with Gasteiger partial charge in [-0.2, -0.15) is 0 Å². The Morgan fingerprint density at radius 3 is 2.50 bits per heavy atom. The molecule has 42 heavy (non-hydrogen) atoms. The molecule has 1 saturated carbocycles. The van der Waals surface area contributed by atoms with Crippen LogP contribution < -0.4 is 24.4 Å². The second-order valence-electron chi connectivity index (χ2n) is 11.4. The monoisotopic (exact) mass is 591 g/mol. The van der Waals surface area contributed by atoms with Crippen molar-refractivity contribution in [3.8, 4) is 11.5 Å². The Bertz CT molecular complexity index is 1700. The predicted molar refractivity (Wildman–Crippen MR) is 165 cm³/mol. The molecule has 0 saturated heterocycles. The Balaban J connectivity index is 1.66. The molecule has 5 rings (SSSR count). The highest BCUT2D eigenvalue weighted by molar-refractivity contribution is 7.07. The van der Waals surface area contributed by atoms with Gasteiger partial charge in [0, 0.05) is 17.4 Å². The van der Waals surface area contributed by atoms with Gasteiger partial charge in [-0.05, 0) is 89.8 Å². The van der Waals surface area contributed by atoms with E-state index >= 15 is 0 Å². The molecule has 0 N–H and O–H groups in total. The van der Waals surface area contributed by atoms with Crippen LogP contribution in [-0.4, -0.2) is 34.9 Å². The molecule has 9 heteroatoms. The summed E-state index contributed by atoms with van der Waals surface area (Å²) in [7, 11) is 1.58. The van der Waals surface area contributed by atoms with Gasteiger partial charge in [-0.15, -0.1) is 0 Å². The topological polar surface area (TPSA) is 84.1 Å². The lowest BCUT2D eigenvalue weighted by molar-refractivity contribution is -0.139. The molecular formula is C33H41N3O5S. The minimum atomic E-state index is -0.723. The molecule has 8 nitrogen and oxygen atoms in total. The Labute approximate surface area is 251 Å². The second-order valence-corrected chi connectivity index (χ2v) is 12.4. The molecule has 1 aromatic carbocycles. The number of rotatable bonds is 8. The third-order valence-electron chi connectivity index (χ3n) is 8.13. The van der Waals surface area contributed by atoms with Crippen LogP contribution in [0.15, 0.2) is 45.3 Å². The summed E-state index contributed by atoms with van der Waals surface area (Å²) in [6, 6.07) is 7.48. The van der Waals surface area contributed by atoms with E-state index in [0.29, 0.717) is 43.7 Å². The fourth-order valence-corrected chi connectivity index (χ4v) is 7.34. The normalized spacial score (nSPS) is 17.8. The zero-order chi connectivity index (χ0) is 30.1. The molecule has 0 unspecified atom stereocenters. The maximum atomic E-state index is 14.2. The molecule has 3 aromatic rings. The molecule has 1 aliphatic heterocycles. The van der Waals surface area contributed by atoms with Gasteiger partial charge in [0.15, 0.2) is 16.3 Å². The molecule has 1 fully saturated rings. The van der Waals surface area contributed by atoms with Crippen LogP contribution in [-0.2, 0) is 9.53 Å². The van der Waals surface area contributed by atoms with Crippen LogP contribution in [0.1, 0.15) is 94.4 Å². The maximum absolute atomic E-state index is 14.2. The number of esters is 1. The average molecular weight is 592 g/mol. The van der Waals surface area contributed by atoms with E-state index in [1.807, 2.05) is 38.1 Å². The van der Waals surface area contributed by atoms with E-state index in [-0.39, 0.29) is 18.3 Å². The highest BCUT2D eigenvalue weighted by Gasteiger charge is 2.34. The molecule has 0 amide bonds. The van der Waals surface area contributed by atoms with E-state index in [9.17, 15) is 9.59 Å². The van der Waals surface area contributed by atoms with Crippen LogP contribution in [0.5, 0.6) is 11.5 Å². The number of hydrogen-bond donors (Lipinski definition) is 0. The minimum absolute atomic E-state index is 0.0419. The molecule has 2 aliphatic rings. The number of carbonyl (C=O) groups excluding carboxylic acids is 1. The number of fused-ring (bicyclic) bond motifs is 1. The second kappa shape index (κ2) is 12.3. The van der Waals surface area contributed by atoms with Crippen LogP contribution >= 0.6 is 11.3 Å². The first-order valence-corrected chi connectivity index (χ1v) is 15.7. The number of aromatic nitrogens is 2. The van der Waals surface area contributed by atoms with E-state index in [2.05, 4.69) is 24.5 Å². The van der Waals surface area contributed by atoms with Crippen molar-refractivity contribution >= 4 is 23.4 Å². The first-order valence-electron chi connectivity index (χ1n) is 14.9. The minimum Gasteiger partial charge on any atom is -0.493 e. The van der Waals surface area contributed by atoms with Crippen LogP contribution in [0.3, 0.4) is 0 Å². The predicted octanol–water partition coefficient (Wildman–Crippen LogP) is 5.52. The fraction of sp³-hybridized carbons (Fsp3) is 0.485. The van der Waals surface area contributed by atoms with E-state index in [1.54, 1.807) is 25.5 Å². The number of allylic oxidation sites excluding steroid dienone is 1. The largest absolute Gasteiger partial charge is 0.493 e. The zero-order valence-corrected chi connectivity index (χ0v) is 26.5. The van der Waals surface area contributed by atoms with Gasteiger partial charge in [0.2, 0.25) is 0 Å². The fourth-order valence-electron chi connectivity index (χ4n) is 6.30. The molecule has 0 bridgehead atoms. The summed E-state index contributed by atoms with van der Waals surface area (Å²) in [5, 5.41) is 0. The molecule has 2 aromatic heterocycles. The van der Waals surface area contributed by atoms with E-state index < -0.39 is 12.0 Å². The summed E-state index contributed by atoms with van der Waals surface area (Å²) >= 11 is 1.34. The number of nitrogens with zero attached hydrogens (tertiary/aromatic N) is 3. The summed E-state index contributed by atoms with van der Waals surface area (Å²) < 4.78 is 21.7. The van der Waals surface area contributed by atoms with E-state index in [0.717, 1.165) is 5.56 Å². The molecule has 1 atom stereocenters. The van der Waals surface area contributed by atoms with Crippen LogP contribution in [0.2, 0.25) is 0 Å². The van der Waals surface area contributed by atoms with Crippen molar-refractivity contribution in [1.82, 2.24) is 9.13 Å². The number of carbonyl (C=O) groups is 1. The number of methoxy groups -OCH3 is 1. The van der Waals surface area contributed by atoms with E-state index in [4.69, 9.17) is 19.2 Å². The van der Waals surface area contributed by atoms with Gasteiger partial charge in [0.1, 0.15) is 0 Å². The summed E-state index contributed by atoms with van der Waals surface area (Å²) in [5.41, 5.74) is 4.82. The van der Waals surface area contributed by atoms with Gasteiger partial charge in [0.25, 0.3) is 5.56 Å². The van der Waals surface area contributed by atoms with E-state index in [1.165, 1.54) is 54.8 Å². The Morgan fingerprint density at radius 2 is 1.83 bits per heavy atom. The van der Waals surface area contributed by atoms with Crippen LogP contribution in [0.4, 0.5) is 0 Å². The Kier molecular flexibility index (Phi) is 8.78. The van der Waals surface area contributed by atoms with Gasteiger partial charge in [-0.25, -0.2) is 9.79 Å². The van der Waals surface area contributed by atoms with Gasteiger partial charge >= 0.3 is 5.97 Å². The van der Waals surface area contributed by atoms with Crippen molar-refractivity contribution in [2.75, 3.05) is 13.7 Å². The number of thiazole rings is 1. The zero-order valence-electron chi connectivity index (χ0n) is 25.7. The SMILES string of the molecule is CCOC(=O)C1=C(C)N=c2s/c(=C\c3cc(C)n(C4CCCCC4)c3C)c(=O)n2[C@@H]1c1ccc(OC(C)C)c(OC)c1. The lowest BCUT2D eigenvalue weighted by Crippen LogP contribution is -2.40.